The third kappa shape index (κ3) is 1.90. The fourth-order valence-corrected chi connectivity index (χ4v) is 2.07. The first-order valence-electron chi connectivity index (χ1n) is 6.04. The van der Waals surface area contributed by atoms with Crippen molar-refractivity contribution in [2.24, 2.45) is 5.41 Å². The van der Waals surface area contributed by atoms with Gasteiger partial charge in [-0.25, -0.2) is 0 Å². The van der Waals surface area contributed by atoms with Gasteiger partial charge in [0.05, 0.1) is 0 Å². The Morgan fingerprint density at radius 1 is 1.24 bits per heavy atom. The van der Waals surface area contributed by atoms with E-state index in [0.29, 0.717) is 0 Å². The Kier molecular flexibility index (Phi) is 2.35. The molecule has 3 heteroatoms. The molecule has 0 radical (unpaired) electrons. The molecule has 0 N–H and O–H groups in total. The first kappa shape index (κ1) is 10.9. The summed E-state index contributed by atoms with van der Waals surface area (Å²) < 4.78 is 10.8. The van der Waals surface area contributed by atoms with Crippen LogP contribution >= 0.6 is 0 Å². The second-order valence-corrected chi connectivity index (χ2v) is 5.18. The van der Waals surface area contributed by atoms with E-state index in [1.54, 1.807) is 0 Å². The lowest BCUT2D eigenvalue weighted by atomic mass is 9.96. The summed E-state index contributed by atoms with van der Waals surface area (Å²) in [6.45, 7) is 3.89. The Bertz CT molecular complexity index is 439. The summed E-state index contributed by atoms with van der Waals surface area (Å²) >= 11 is 0. The molecule has 1 aliphatic carbocycles. The third-order valence-electron chi connectivity index (χ3n) is 3.62. The average molecular weight is 232 g/mol. The molecule has 1 aromatic rings. The molecule has 1 heterocycles. The van der Waals surface area contributed by atoms with Crippen LogP contribution in [0.3, 0.4) is 0 Å². The maximum atomic E-state index is 12.1. The summed E-state index contributed by atoms with van der Waals surface area (Å²) in [6.07, 6.45) is 1.65. The summed E-state index contributed by atoms with van der Waals surface area (Å²) in [7, 11) is 0. The standard InChI is InChI=1S/C14H16O3/c1-9-16-13(17-9)11-5-3-10(4-6-11)12(15)14(2)7-8-14/h3-6,9,13H,7-8H2,1-2H3. The van der Waals surface area contributed by atoms with Crippen molar-refractivity contribution in [2.45, 2.75) is 39.3 Å². The van der Waals surface area contributed by atoms with Crippen molar-refractivity contribution >= 4 is 5.78 Å². The fraction of sp³-hybridized carbons (Fsp3) is 0.500. The van der Waals surface area contributed by atoms with E-state index in [1.807, 2.05) is 38.1 Å². The number of benzene rings is 1. The van der Waals surface area contributed by atoms with Gasteiger partial charge in [0.2, 0.25) is 0 Å². The van der Waals surface area contributed by atoms with Crippen LogP contribution in [0, 0.1) is 5.41 Å². The van der Waals surface area contributed by atoms with Gasteiger partial charge >= 0.3 is 0 Å². The molecule has 0 amide bonds. The molecule has 0 bridgehead atoms. The van der Waals surface area contributed by atoms with E-state index < -0.39 is 0 Å². The smallest absolute Gasteiger partial charge is 0.189 e. The Morgan fingerprint density at radius 3 is 2.29 bits per heavy atom. The van der Waals surface area contributed by atoms with E-state index in [9.17, 15) is 4.79 Å². The molecule has 1 saturated heterocycles. The number of carbonyl (C=O) groups excluding carboxylic acids is 1. The number of ketones is 1. The molecule has 0 aromatic heterocycles. The zero-order valence-electron chi connectivity index (χ0n) is 10.1. The molecular weight excluding hydrogens is 216 g/mol. The molecular formula is C14H16O3. The quantitative estimate of drug-likeness (QED) is 0.751. The predicted octanol–water partition coefficient (Wildman–Crippen LogP) is 3.06. The van der Waals surface area contributed by atoms with Crippen LogP contribution in [-0.2, 0) is 9.47 Å². The molecule has 3 rings (SSSR count). The molecule has 90 valence electrons. The van der Waals surface area contributed by atoms with Crippen LogP contribution in [-0.4, -0.2) is 12.1 Å². The van der Waals surface area contributed by atoms with Gasteiger partial charge in [-0.15, -0.1) is 0 Å². The van der Waals surface area contributed by atoms with Gasteiger partial charge in [0.1, 0.15) is 0 Å². The minimum atomic E-state index is -0.259. The van der Waals surface area contributed by atoms with Crippen molar-refractivity contribution in [1.82, 2.24) is 0 Å². The van der Waals surface area contributed by atoms with Crippen molar-refractivity contribution in [3.8, 4) is 0 Å². The second-order valence-electron chi connectivity index (χ2n) is 5.18. The van der Waals surface area contributed by atoms with Gasteiger partial charge in [-0.1, -0.05) is 31.2 Å². The molecule has 17 heavy (non-hydrogen) atoms. The normalized spacial score (nSPS) is 29.5. The van der Waals surface area contributed by atoms with Crippen molar-refractivity contribution < 1.29 is 14.3 Å². The van der Waals surface area contributed by atoms with Gasteiger partial charge in [-0.3, -0.25) is 4.79 Å². The molecule has 1 aliphatic heterocycles. The van der Waals surface area contributed by atoms with Crippen molar-refractivity contribution in [3.05, 3.63) is 35.4 Å². The van der Waals surface area contributed by atoms with E-state index in [4.69, 9.17) is 9.47 Å². The van der Waals surface area contributed by atoms with E-state index in [0.717, 1.165) is 24.0 Å². The van der Waals surface area contributed by atoms with Crippen LogP contribution < -0.4 is 0 Å². The predicted molar refractivity (Wildman–Crippen MR) is 62.5 cm³/mol. The lowest BCUT2D eigenvalue weighted by Gasteiger charge is -2.33. The SMILES string of the molecule is CC1OC(c2ccc(C(=O)C3(C)CC3)cc2)O1. The van der Waals surface area contributed by atoms with Crippen LogP contribution in [0.15, 0.2) is 24.3 Å². The van der Waals surface area contributed by atoms with E-state index in [1.165, 1.54) is 0 Å². The van der Waals surface area contributed by atoms with Gasteiger partial charge < -0.3 is 9.47 Å². The van der Waals surface area contributed by atoms with E-state index in [2.05, 4.69) is 0 Å². The number of hydrogen-bond donors (Lipinski definition) is 0. The highest BCUT2D eigenvalue weighted by molar-refractivity contribution is 6.01. The fourth-order valence-electron chi connectivity index (χ4n) is 2.07. The molecule has 2 fully saturated rings. The van der Waals surface area contributed by atoms with Crippen LogP contribution in [0.2, 0.25) is 0 Å². The zero-order chi connectivity index (χ0) is 12.0. The van der Waals surface area contributed by atoms with Crippen LogP contribution in [0.5, 0.6) is 0 Å². The second kappa shape index (κ2) is 3.65. The maximum Gasteiger partial charge on any atom is 0.189 e. The van der Waals surface area contributed by atoms with Gasteiger partial charge in [0.15, 0.2) is 18.4 Å². The monoisotopic (exact) mass is 232 g/mol. The minimum Gasteiger partial charge on any atom is -0.320 e. The van der Waals surface area contributed by atoms with Crippen molar-refractivity contribution in [2.75, 3.05) is 0 Å². The van der Waals surface area contributed by atoms with Crippen LogP contribution in [0.4, 0.5) is 0 Å². The summed E-state index contributed by atoms with van der Waals surface area (Å²) in [5, 5.41) is 0. The number of rotatable bonds is 3. The molecule has 1 saturated carbocycles. The number of ether oxygens (including phenoxy) is 2. The van der Waals surface area contributed by atoms with Crippen LogP contribution in [0.1, 0.15) is 48.9 Å². The number of hydrogen-bond acceptors (Lipinski definition) is 3. The Morgan fingerprint density at radius 2 is 1.82 bits per heavy atom. The molecule has 0 atom stereocenters. The van der Waals surface area contributed by atoms with E-state index >= 15 is 0 Å². The average Bonchev–Trinajstić information content (AvgIpc) is 3.04. The molecule has 0 spiro atoms. The van der Waals surface area contributed by atoms with Crippen LogP contribution in [0.25, 0.3) is 0 Å². The van der Waals surface area contributed by atoms with E-state index in [-0.39, 0.29) is 23.8 Å². The largest absolute Gasteiger partial charge is 0.320 e. The lowest BCUT2D eigenvalue weighted by Crippen LogP contribution is -2.31. The highest BCUT2D eigenvalue weighted by Gasteiger charge is 2.44. The Balaban J connectivity index is 1.74. The lowest BCUT2D eigenvalue weighted by molar-refractivity contribution is -0.382. The Hall–Kier alpha value is -1.19. The molecule has 1 aromatic carbocycles. The zero-order valence-corrected chi connectivity index (χ0v) is 10.1. The summed E-state index contributed by atoms with van der Waals surface area (Å²) in [5.41, 5.74) is 1.67. The summed E-state index contributed by atoms with van der Waals surface area (Å²) in [6, 6.07) is 7.57. The number of Topliss-reactive ketones (excluding diaryl/α,β-unsaturated/α-hetero) is 1. The molecule has 3 nitrogen and oxygen atoms in total. The first-order valence-corrected chi connectivity index (χ1v) is 6.04. The minimum absolute atomic E-state index is 0.0977. The van der Waals surface area contributed by atoms with Crippen molar-refractivity contribution in [3.63, 3.8) is 0 Å². The number of carbonyl (C=O) groups is 1. The molecule has 2 aliphatic rings. The highest BCUT2D eigenvalue weighted by atomic mass is 16.9. The first-order chi connectivity index (χ1) is 8.08. The highest BCUT2D eigenvalue weighted by Crippen LogP contribution is 2.47. The molecule has 0 unspecified atom stereocenters. The summed E-state index contributed by atoms with van der Waals surface area (Å²) in [4.78, 5) is 12.1. The third-order valence-corrected chi connectivity index (χ3v) is 3.62. The summed E-state index contributed by atoms with van der Waals surface area (Å²) in [5.74, 6) is 0.257. The van der Waals surface area contributed by atoms with Gasteiger partial charge in [0, 0.05) is 16.5 Å². The van der Waals surface area contributed by atoms with Gasteiger partial charge in [-0.05, 0) is 19.8 Å². The van der Waals surface area contributed by atoms with Crippen molar-refractivity contribution in [1.29, 1.82) is 0 Å². The van der Waals surface area contributed by atoms with Gasteiger partial charge in [0.25, 0.3) is 0 Å². The van der Waals surface area contributed by atoms with Gasteiger partial charge in [-0.2, -0.15) is 0 Å². The topological polar surface area (TPSA) is 35.5 Å². The Labute approximate surface area is 101 Å². The maximum absolute atomic E-state index is 12.1.